The predicted octanol–water partition coefficient (Wildman–Crippen LogP) is 1.83. The highest BCUT2D eigenvalue weighted by Crippen LogP contribution is 2.00. The normalized spacial score (nSPS) is 9.46. The minimum Gasteiger partial charge on any atom is -0.369 e. The Morgan fingerprint density at radius 3 is 2.69 bits per heavy atom. The van der Waals surface area contributed by atoms with Crippen LogP contribution in [0.25, 0.3) is 6.08 Å². The van der Waals surface area contributed by atoms with Crippen molar-refractivity contribution in [1.29, 1.82) is 0 Å². The predicted molar refractivity (Wildman–Crippen MR) is 50.4 cm³/mol. The molecule has 1 aromatic rings. The summed E-state index contributed by atoms with van der Waals surface area (Å²) in [6.45, 7) is 0. The summed E-state index contributed by atoms with van der Waals surface area (Å²) in [7, 11) is 0. The maximum Gasteiger partial charge on any atom is 0.344 e. The third-order valence-electron chi connectivity index (χ3n) is 1.37. The van der Waals surface area contributed by atoms with Crippen molar-refractivity contribution in [2.24, 2.45) is 0 Å². The molecule has 0 N–H and O–H groups in total. The van der Waals surface area contributed by atoms with Gasteiger partial charge in [0.1, 0.15) is 6.11 Å². The van der Waals surface area contributed by atoms with Gasteiger partial charge in [0, 0.05) is 6.08 Å². The molecule has 0 aliphatic heterocycles. The lowest BCUT2D eigenvalue weighted by atomic mass is 10.2. The number of rotatable bonds is 2. The van der Waals surface area contributed by atoms with Crippen LogP contribution >= 0.6 is 0 Å². The number of ether oxygens (including phenoxy) is 1. The molecule has 0 amide bonds. The fourth-order valence-electron chi connectivity index (χ4n) is 0.821. The molecule has 0 saturated carbocycles. The molecular weight excluding hydrogens is 164 g/mol. The van der Waals surface area contributed by atoms with Gasteiger partial charge in [-0.05, 0) is 11.6 Å². The van der Waals surface area contributed by atoms with E-state index in [2.05, 4.69) is 4.74 Å². The van der Waals surface area contributed by atoms with E-state index in [4.69, 9.17) is 6.42 Å². The zero-order chi connectivity index (χ0) is 9.52. The molecule has 1 aromatic carbocycles. The second-order valence-corrected chi connectivity index (χ2v) is 2.28. The smallest absolute Gasteiger partial charge is 0.344 e. The topological polar surface area (TPSA) is 26.3 Å². The summed E-state index contributed by atoms with van der Waals surface area (Å²) in [5, 5.41) is 0. The summed E-state index contributed by atoms with van der Waals surface area (Å²) in [4.78, 5) is 10.8. The molecule has 0 fully saturated rings. The largest absolute Gasteiger partial charge is 0.369 e. The van der Waals surface area contributed by atoms with Crippen molar-refractivity contribution in [1.82, 2.24) is 0 Å². The number of hydrogen-bond acceptors (Lipinski definition) is 2. The first kappa shape index (κ1) is 9.08. The number of carbonyl (C=O) groups is 1. The van der Waals surface area contributed by atoms with Gasteiger partial charge in [-0.15, -0.1) is 0 Å². The monoisotopic (exact) mass is 172 g/mol. The first-order valence-electron chi connectivity index (χ1n) is 3.72. The highest BCUT2D eigenvalue weighted by Gasteiger charge is 1.92. The van der Waals surface area contributed by atoms with Gasteiger partial charge in [-0.25, -0.2) is 4.79 Å². The first-order valence-corrected chi connectivity index (χ1v) is 3.72. The standard InChI is InChI=1S/C11H8O2/c1-2-13-11(12)9-8-10-6-4-3-5-7-10/h1,3-9H/b9-8+. The molecule has 0 atom stereocenters. The average Bonchev–Trinajstić information content (AvgIpc) is 2.17. The van der Waals surface area contributed by atoms with Crippen LogP contribution in [-0.4, -0.2) is 5.97 Å². The van der Waals surface area contributed by atoms with Crippen molar-refractivity contribution < 1.29 is 9.53 Å². The van der Waals surface area contributed by atoms with Gasteiger partial charge < -0.3 is 4.74 Å². The van der Waals surface area contributed by atoms with E-state index < -0.39 is 5.97 Å². The fourth-order valence-corrected chi connectivity index (χ4v) is 0.821. The molecule has 13 heavy (non-hydrogen) atoms. The van der Waals surface area contributed by atoms with Gasteiger partial charge in [0.2, 0.25) is 0 Å². The number of carbonyl (C=O) groups excluding carboxylic acids is 1. The third kappa shape index (κ3) is 3.26. The van der Waals surface area contributed by atoms with Crippen LogP contribution in [0.4, 0.5) is 0 Å². The Kier molecular flexibility index (Phi) is 3.34. The zero-order valence-electron chi connectivity index (χ0n) is 6.94. The summed E-state index contributed by atoms with van der Waals surface area (Å²) in [6.07, 6.45) is 9.50. The quantitative estimate of drug-likeness (QED) is 0.386. The van der Waals surface area contributed by atoms with Crippen molar-refractivity contribution in [2.75, 3.05) is 0 Å². The minimum absolute atomic E-state index is 0.536. The number of benzene rings is 1. The Hall–Kier alpha value is -2.01. The molecule has 0 spiro atoms. The van der Waals surface area contributed by atoms with E-state index in [1.165, 1.54) is 6.08 Å². The molecule has 0 aliphatic rings. The molecule has 64 valence electrons. The molecule has 0 aromatic heterocycles. The highest BCUT2D eigenvalue weighted by atomic mass is 16.5. The van der Waals surface area contributed by atoms with E-state index in [0.29, 0.717) is 0 Å². The summed E-state index contributed by atoms with van der Waals surface area (Å²) in [5.74, 6) is -0.536. The molecule has 2 nitrogen and oxygen atoms in total. The summed E-state index contributed by atoms with van der Waals surface area (Å²) < 4.78 is 4.27. The third-order valence-corrected chi connectivity index (χ3v) is 1.37. The fraction of sp³-hybridized carbons (Fsp3) is 0. The molecule has 0 bridgehead atoms. The minimum atomic E-state index is -0.536. The van der Waals surface area contributed by atoms with Gasteiger partial charge in [-0.1, -0.05) is 36.8 Å². The van der Waals surface area contributed by atoms with E-state index >= 15 is 0 Å². The van der Waals surface area contributed by atoms with Crippen LogP contribution in [0.1, 0.15) is 5.56 Å². The van der Waals surface area contributed by atoms with Gasteiger partial charge in [-0.3, -0.25) is 0 Å². The maximum absolute atomic E-state index is 10.8. The molecule has 1 rings (SSSR count). The van der Waals surface area contributed by atoms with Crippen LogP contribution in [0.5, 0.6) is 0 Å². The Morgan fingerprint density at radius 1 is 1.38 bits per heavy atom. The lowest BCUT2D eigenvalue weighted by Crippen LogP contribution is -1.92. The van der Waals surface area contributed by atoms with Crippen molar-refractivity contribution in [2.45, 2.75) is 0 Å². The van der Waals surface area contributed by atoms with Crippen molar-refractivity contribution >= 4 is 12.0 Å². The van der Waals surface area contributed by atoms with Crippen molar-refractivity contribution in [3.63, 3.8) is 0 Å². The van der Waals surface area contributed by atoms with Crippen molar-refractivity contribution in [3.05, 3.63) is 42.0 Å². The lowest BCUT2D eigenvalue weighted by Gasteiger charge is -1.90. The van der Waals surface area contributed by atoms with Gasteiger partial charge >= 0.3 is 5.97 Å². The van der Waals surface area contributed by atoms with E-state index in [0.717, 1.165) is 5.56 Å². The van der Waals surface area contributed by atoms with Crippen LogP contribution in [0.2, 0.25) is 0 Å². The molecule has 0 saturated heterocycles. The van der Waals surface area contributed by atoms with Crippen LogP contribution in [0.3, 0.4) is 0 Å². The summed E-state index contributed by atoms with van der Waals surface area (Å²) in [6, 6.07) is 9.41. The Morgan fingerprint density at radius 2 is 2.08 bits per heavy atom. The van der Waals surface area contributed by atoms with E-state index in [1.54, 1.807) is 12.2 Å². The second-order valence-electron chi connectivity index (χ2n) is 2.28. The maximum atomic E-state index is 10.8. The van der Waals surface area contributed by atoms with Crippen LogP contribution in [-0.2, 0) is 9.53 Å². The zero-order valence-corrected chi connectivity index (χ0v) is 6.94. The van der Waals surface area contributed by atoms with Gasteiger partial charge in [0.05, 0.1) is 0 Å². The van der Waals surface area contributed by atoms with Gasteiger partial charge in [-0.2, -0.15) is 0 Å². The van der Waals surface area contributed by atoms with E-state index in [1.807, 2.05) is 30.3 Å². The number of esters is 1. The molecule has 0 unspecified atom stereocenters. The van der Waals surface area contributed by atoms with Crippen molar-refractivity contribution in [3.8, 4) is 12.5 Å². The number of terminal acetylenes is 1. The van der Waals surface area contributed by atoms with E-state index in [9.17, 15) is 4.79 Å². The first-order chi connectivity index (χ1) is 6.33. The summed E-state index contributed by atoms with van der Waals surface area (Å²) >= 11 is 0. The van der Waals surface area contributed by atoms with Crippen LogP contribution in [0, 0.1) is 12.5 Å². The van der Waals surface area contributed by atoms with Gasteiger partial charge in [0.25, 0.3) is 0 Å². The lowest BCUT2D eigenvalue weighted by molar-refractivity contribution is -0.131. The Labute approximate surface area is 76.8 Å². The Balaban J connectivity index is 2.60. The SMILES string of the molecule is C#COC(=O)/C=C/c1ccccc1. The molecule has 2 heteroatoms. The molecule has 0 aliphatic carbocycles. The van der Waals surface area contributed by atoms with E-state index in [-0.39, 0.29) is 0 Å². The molecular formula is C11H8O2. The Bertz CT molecular complexity index is 344. The molecule has 0 radical (unpaired) electrons. The van der Waals surface area contributed by atoms with Gasteiger partial charge in [0.15, 0.2) is 0 Å². The van der Waals surface area contributed by atoms with Crippen LogP contribution in [0.15, 0.2) is 36.4 Å². The molecule has 0 heterocycles. The highest BCUT2D eigenvalue weighted by molar-refractivity contribution is 5.87. The average molecular weight is 172 g/mol. The summed E-state index contributed by atoms with van der Waals surface area (Å²) in [5.41, 5.74) is 0.927. The second kappa shape index (κ2) is 4.78. The van der Waals surface area contributed by atoms with Crippen LogP contribution < -0.4 is 0 Å². The number of hydrogen-bond donors (Lipinski definition) is 0.